The van der Waals surface area contributed by atoms with Gasteiger partial charge in [0.05, 0.1) is 7.11 Å². The Morgan fingerprint density at radius 3 is 2.59 bits per heavy atom. The van der Waals surface area contributed by atoms with Crippen molar-refractivity contribution in [3.63, 3.8) is 0 Å². The molecule has 2 aromatic carbocycles. The topological polar surface area (TPSA) is 67.9 Å². The molecule has 2 aromatic rings. The van der Waals surface area contributed by atoms with Gasteiger partial charge in [0.15, 0.2) is 0 Å². The second-order valence-corrected chi connectivity index (χ2v) is 9.17. The number of likely N-dealkylation sites (tertiary alicyclic amines) is 1. The molecule has 4 rings (SSSR count). The van der Waals surface area contributed by atoms with Gasteiger partial charge in [0, 0.05) is 30.5 Å². The number of carbonyl (C=O) groups is 2. The Balaban J connectivity index is 1.72. The molecular weight excluding hydrogens is 404 g/mol. The van der Waals surface area contributed by atoms with E-state index in [0.29, 0.717) is 24.9 Å². The standard InChI is InChI=1S/C26H32N2O4/c1-19(29)32-26-13-12-22(27-24(30)20-8-5-4-6-9-20)17-25(26,14-15-28(2)18-26)21-10-7-11-23(16-21)31-3/h4-11,16,22H,12-15,17-18H2,1-3H3,(H,27,30). The van der Waals surface area contributed by atoms with Crippen LogP contribution in [0.2, 0.25) is 0 Å². The second kappa shape index (κ2) is 8.94. The number of nitrogens with one attached hydrogen (secondary N) is 1. The van der Waals surface area contributed by atoms with Gasteiger partial charge >= 0.3 is 5.97 Å². The van der Waals surface area contributed by atoms with Crippen molar-refractivity contribution in [1.82, 2.24) is 10.2 Å². The molecule has 0 bridgehead atoms. The number of fused-ring (bicyclic) bond motifs is 1. The predicted molar refractivity (Wildman–Crippen MR) is 123 cm³/mol. The molecule has 0 aromatic heterocycles. The molecule has 1 saturated carbocycles. The van der Waals surface area contributed by atoms with E-state index >= 15 is 0 Å². The summed E-state index contributed by atoms with van der Waals surface area (Å²) in [5.41, 5.74) is 0.701. The summed E-state index contributed by atoms with van der Waals surface area (Å²) in [5.74, 6) is 0.451. The number of carbonyl (C=O) groups excluding carboxylic acids is 2. The van der Waals surface area contributed by atoms with E-state index in [2.05, 4.69) is 29.4 Å². The van der Waals surface area contributed by atoms with Crippen LogP contribution in [0.5, 0.6) is 5.75 Å². The third-order valence-corrected chi connectivity index (χ3v) is 7.14. The Bertz CT molecular complexity index is 979. The fourth-order valence-corrected chi connectivity index (χ4v) is 5.70. The first-order chi connectivity index (χ1) is 15.4. The minimum atomic E-state index is -0.647. The molecule has 0 spiro atoms. The molecule has 2 fully saturated rings. The van der Waals surface area contributed by atoms with E-state index in [0.717, 1.165) is 30.7 Å². The number of amides is 1. The molecule has 2 aliphatic rings. The molecular formula is C26H32N2O4. The number of hydrogen-bond donors (Lipinski definition) is 1. The summed E-state index contributed by atoms with van der Waals surface area (Å²) < 4.78 is 11.7. The highest BCUT2D eigenvalue weighted by Crippen LogP contribution is 2.54. The van der Waals surface area contributed by atoms with Crippen LogP contribution in [0.1, 0.15) is 48.5 Å². The van der Waals surface area contributed by atoms with Crippen molar-refractivity contribution in [3.8, 4) is 5.75 Å². The number of rotatable bonds is 5. The summed E-state index contributed by atoms with van der Waals surface area (Å²) in [7, 11) is 3.73. The third kappa shape index (κ3) is 4.11. The van der Waals surface area contributed by atoms with Crippen LogP contribution in [0.4, 0.5) is 0 Å². The lowest BCUT2D eigenvalue weighted by Gasteiger charge is -2.59. The van der Waals surface area contributed by atoms with Crippen LogP contribution in [0.15, 0.2) is 54.6 Å². The number of nitrogens with zero attached hydrogens (tertiary/aromatic N) is 1. The largest absolute Gasteiger partial charge is 0.497 e. The minimum Gasteiger partial charge on any atom is -0.497 e. The molecule has 3 atom stereocenters. The summed E-state index contributed by atoms with van der Waals surface area (Å²) in [6.07, 6.45) is 2.99. The van der Waals surface area contributed by atoms with Crippen molar-refractivity contribution in [2.24, 2.45) is 0 Å². The van der Waals surface area contributed by atoms with Crippen molar-refractivity contribution in [2.45, 2.75) is 49.7 Å². The van der Waals surface area contributed by atoms with E-state index in [1.54, 1.807) is 7.11 Å². The SMILES string of the molecule is COc1cccc(C23CCN(C)CC2(OC(C)=O)CCC(NC(=O)c2ccccc2)C3)c1. The van der Waals surface area contributed by atoms with Gasteiger partial charge in [-0.05, 0) is 69.1 Å². The number of benzene rings is 2. The first-order valence-corrected chi connectivity index (χ1v) is 11.3. The van der Waals surface area contributed by atoms with Gasteiger partial charge in [-0.3, -0.25) is 9.59 Å². The van der Waals surface area contributed by atoms with Crippen LogP contribution in [0.3, 0.4) is 0 Å². The van der Waals surface area contributed by atoms with E-state index in [9.17, 15) is 9.59 Å². The van der Waals surface area contributed by atoms with Crippen LogP contribution < -0.4 is 10.1 Å². The number of likely N-dealkylation sites (N-methyl/N-ethyl adjacent to an activating group) is 1. The molecule has 1 aliphatic heterocycles. The van der Waals surface area contributed by atoms with E-state index in [4.69, 9.17) is 9.47 Å². The highest BCUT2D eigenvalue weighted by Gasteiger charge is 2.60. The monoisotopic (exact) mass is 436 g/mol. The number of hydrogen-bond acceptors (Lipinski definition) is 5. The van der Waals surface area contributed by atoms with E-state index < -0.39 is 11.0 Å². The fraction of sp³-hybridized carbons (Fsp3) is 0.462. The van der Waals surface area contributed by atoms with Crippen LogP contribution in [0.25, 0.3) is 0 Å². The molecule has 32 heavy (non-hydrogen) atoms. The van der Waals surface area contributed by atoms with Crippen LogP contribution in [-0.4, -0.2) is 55.7 Å². The first kappa shape index (κ1) is 22.3. The zero-order chi connectivity index (χ0) is 22.8. The molecule has 170 valence electrons. The number of methoxy groups -OCH3 is 1. The molecule has 6 nitrogen and oxygen atoms in total. The Hall–Kier alpha value is -2.86. The second-order valence-electron chi connectivity index (χ2n) is 9.17. The third-order valence-electron chi connectivity index (χ3n) is 7.14. The molecule has 1 heterocycles. The highest BCUT2D eigenvalue weighted by atomic mass is 16.6. The van der Waals surface area contributed by atoms with Gasteiger partial charge in [-0.25, -0.2) is 0 Å². The number of ether oxygens (including phenoxy) is 2. The number of piperidine rings is 1. The van der Waals surface area contributed by atoms with Gasteiger partial charge < -0.3 is 19.7 Å². The smallest absolute Gasteiger partial charge is 0.303 e. The Morgan fingerprint density at radius 2 is 1.88 bits per heavy atom. The summed E-state index contributed by atoms with van der Waals surface area (Å²) >= 11 is 0. The maximum absolute atomic E-state index is 12.9. The summed E-state index contributed by atoms with van der Waals surface area (Å²) in [4.78, 5) is 27.4. The van der Waals surface area contributed by atoms with E-state index in [1.165, 1.54) is 6.92 Å². The Morgan fingerprint density at radius 1 is 1.09 bits per heavy atom. The molecule has 6 heteroatoms. The summed E-state index contributed by atoms with van der Waals surface area (Å²) in [5, 5.41) is 3.25. The van der Waals surface area contributed by atoms with Gasteiger partial charge in [0.2, 0.25) is 0 Å². The lowest BCUT2D eigenvalue weighted by atomic mass is 9.55. The maximum Gasteiger partial charge on any atom is 0.303 e. The molecule has 3 unspecified atom stereocenters. The predicted octanol–water partition coefficient (Wildman–Crippen LogP) is 3.55. The highest BCUT2D eigenvalue weighted by molar-refractivity contribution is 5.94. The van der Waals surface area contributed by atoms with Gasteiger partial charge in [-0.15, -0.1) is 0 Å². The average molecular weight is 437 g/mol. The zero-order valence-corrected chi connectivity index (χ0v) is 19.1. The molecule has 0 radical (unpaired) electrons. The molecule has 1 N–H and O–H groups in total. The molecule has 1 amide bonds. The van der Waals surface area contributed by atoms with Crippen molar-refractivity contribution in [3.05, 3.63) is 65.7 Å². The van der Waals surface area contributed by atoms with E-state index in [1.807, 2.05) is 42.5 Å². The Kier molecular flexibility index (Phi) is 6.24. The molecule has 1 saturated heterocycles. The van der Waals surface area contributed by atoms with Gasteiger partial charge in [0.1, 0.15) is 11.4 Å². The van der Waals surface area contributed by atoms with Crippen LogP contribution in [0, 0.1) is 0 Å². The van der Waals surface area contributed by atoms with Crippen LogP contribution >= 0.6 is 0 Å². The van der Waals surface area contributed by atoms with Crippen molar-refractivity contribution >= 4 is 11.9 Å². The zero-order valence-electron chi connectivity index (χ0n) is 19.1. The Labute approximate surface area is 189 Å². The van der Waals surface area contributed by atoms with Crippen LogP contribution in [-0.2, 0) is 14.9 Å². The number of esters is 1. The van der Waals surface area contributed by atoms with Gasteiger partial charge in [-0.2, -0.15) is 0 Å². The summed E-state index contributed by atoms with van der Waals surface area (Å²) in [6.45, 7) is 3.05. The maximum atomic E-state index is 12.9. The van der Waals surface area contributed by atoms with E-state index in [-0.39, 0.29) is 17.9 Å². The average Bonchev–Trinajstić information content (AvgIpc) is 2.79. The minimum absolute atomic E-state index is 0.0130. The van der Waals surface area contributed by atoms with Crippen molar-refractivity contribution in [2.75, 3.05) is 27.2 Å². The lowest BCUT2D eigenvalue weighted by Crippen LogP contribution is -2.68. The normalized spacial score (nSPS) is 27.8. The first-order valence-electron chi connectivity index (χ1n) is 11.3. The quantitative estimate of drug-likeness (QED) is 0.726. The van der Waals surface area contributed by atoms with Crippen molar-refractivity contribution < 1.29 is 19.1 Å². The lowest BCUT2D eigenvalue weighted by molar-refractivity contribution is -0.185. The van der Waals surface area contributed by atoms with Gasteiger partial charge in [0.25, 0.3) is 5.91 Å². The molecule has 1 aliphatic carbocycles. The van der Waals surface area contributed by atoms with Gasteiger partial charge in [-0.1, -0.05) is 30.3 Å². The van der Waals surface area contributed by atoms with Crippen molar-refractivity contribution in [1.29, 1.82) is 0 Å². The summed E-state index contributed by atoms with van der Waals surface area (Å²) in [6, 6.07) is 17.4. The fourth-order valence-electron chi connectivity index (χ4n) is 5.70.